The van der Waals surface area contributed by atoms with Crippen LogP contribution in [0.4, 0.5) is 0 Å². The number of hydrogen-bond acceptors (Lipinski definition) is 3. The highest BCUT2D eigenvalue weighted by Crippen LogP contribution is 2.15. The summed E-state index contributed by atoms with van der Waals surface area (Å²) in [5, 5.41) is 0.663. The summed E-state index contributed by atoms with van der Waals surface area (Å²) in [7, 11) is -3.54. The molecular weight excluding hydrogens is 308 g/mol. The van der Waals surface area contributed by atoms with E-state index in [-0.39, 0.29) is 11.4 Å². The van der Waals surface area contributed by atoms with Gasteiger partial charge >= 0.3 is 0 Å². The Bertz CT molecular complexity index is 700. The molecule has 0 aromatic heterocycles. The van der Waals surface area contributed by atoms with Crippen molar-refractivity contribution < 1.29 is 8.42 Å². The molecule has 2 aromatic rings. The number of nitrogens with two attached hydrogens (primary N) is 1. The minimum atomic E-state index is -3.54. The van der Waals surface area contributed by atoms with Crippen molar-refractivity contribution in [3.05, 3.63) is 64.7 Å². The molecule has 0 bridgehead atoms. The predicted molar refractivity (Wildman–Crippen MR) is 84.7 cm³/mol. The van der Waals surface area contributed by atoms with E-state index in [1.807, 2.05) is 12.1 Å². The van der Waals surface area contributed by atoms with Crippen molar-refractivity contribution in [3.63, 3.8) is 0 Å². The van der Waals surface area contributed by atoms with E-state index in [0.29, 0.717) is 23.6 Å². The summed E-state index contributed by atoms with van der Waals surface area (Å²) in [6.07, 6.45) is 0.598. The van der Waals surface area contributed by atoms with E-state index in [0.717, 1.165) is 5.56 Å². The number of sulfonamides is 1. The fraction of sp³-hybridized carbons (Fsp3) is 0.200. The highest BCUT2D eigenvalue weighted by molar-refractivity contribution is 7.89. The second-order valence-corrected chi connectivity index (χ2v) is 6.76. The SMILES string of the molecule is NCc1ccccc1S(=O)(=O)NCCc1ccc(Cl)cc1. The van der Waals surface area contributed by atoms with Crippen LogP contribution in [0.25, 0.3) is 0 Å². The lowest BCUT2D eigenvalue weighted by molar-refractivity contribution is 0.580. The molecule has 21 heavy (non-hydrogen) atoms. The molecule has 0 amide bonds. The van der Waals surface area contributed by atoms with Crippen molar-refractivity contribution in [2.75, 3.05) is 6.54 Å². The van der Waals surface area contributed by atoms with Crippen LogP contribution in [-0.2, 0) is 23.0 Å². The zero-order chi connectivity index (χ0) is 15.3. The quantitative estimate of drug-likeness (QED) is 0.856. The molecule has 0 aliphatic rings. The summed E-state index contributed by atoms with van der Waals surface area (Å²) in [6, 6.07) is 14.1. The smallest absolute Gasteiger partial charge is 0.240 e. The first-order chi connectivity index (χ1) is 10.0. The summed E-state index contributed by atoms with van der Waals surface area (Å²) >= 11 is 5.81. The van der Waals surface area contributed by atoms with E-state index in [1.54, 1.807) is 36.4 Å². The second kappa shape index (κ2) is 7.04. The average molecular weight is 325 g/mol. The third kappa shape index (κ3) is 4.28. The summed E-state index contributed by atoms with van der Waals surface area (Å²) in [6.45, 7) is 0.511. The normalized spacial score (nSPS) is 11.5. The first kappa shape index (κ1) is 16.0. The van der Waals surface area contributed by atoms with E-state index < -0.39 is 10.0 Å². The second-order valence-electron chi connectivity index (χ2n) is 4.59. The van der Waals surface area contributed by atoms with Gasteiger partial charge in [0.25, 0.3) is 0 Å². The molecule has 2 aromatic carbocycles. The lowest BCUT2D eigenvalue weighted by Gasteiger charge is -2.10. The lowest BCUT2D eigenvalue weighted by Crippen LogP contribution is -2.27. The van der Waals surface area contributed by atoms with Crippen LogP contribution in [0, 0.1) is 0 Å². The van der Waals surface area contributed by atoms with Gasteiger partial charge in [-0.05, 0) is 35.7 Å². The molecule has 0 aliphatic heterocycles. The minimum absolute atomic E-state index is 0.189. The number of nitrogens with one attached hydrogen (secondary N) is 1. The average Bonchev–Trinajstić information content (AvgIpc) is 2.49. The zero-order valence-corrected chi connectivity index (χ0v) is 13.0. The number of hydrogen-bond donors (Lipinski definition) is 2. The van der Waals surface area contributed by atoms with Crippen molar-refractivity contribution in [3.8, 4) is 0 Å². The summed E-state index contributed by atoms with van der Waals surface area (Å²) < 4.78 is 27.1. The van der Waals surface area contributed by atoms with Crippen molar-refractivity contribution in [2.45, 2.75) is 17.9 Å². The van der Waals surface area contributed by atoms with Gasteiger partial charge in [0.05, 0.1) is 4.90 Å². The van der Waals surface area contributed by atoms with Crippen LogP contribution in [0.1, 0.15) is 11.1 Å². The molecule has 112 valence electrons. The first-order valence-corrected chi connectivity index (χ1v) is 8.41. The zero-order valence-electron chi connectivity index (χ0n) is 11.4. The van der Waals surface area contributed by atoms with Gasteiger partial charge in [0.1, 0.15) is 0 Å². The lowest BCUT2D eigenvalue weighted by atomic mass is 10.2. The first-order valence-electron chi connectivity index (χ1n) is 6.55. The monoisotopic (exact) mass is 324 g/mol. The third-order valence-corrected chi connectivity index (χ3v) is 4.91. The van der Waals surface area contributed by atoms with Crippen LogP contribution in [0.5, 0.6) is 0 Å². The van der Waals surface area contributed by atoms with Crippen LogP contribution in [-0.4, -0.2) is 15.0 Å². The molecule has 0 fully saturated rings. The fourth-order valence-corrected chi connectivity index (χ4v) is 3.40. The van der Waals surface area contributed by atoms with Gasteiger partial charge in [-0.3, -0.25) is 0 Å². The van der Waals surface area contributed by atoms with Gasteiger partial charge in [-0.15, -0.1) is 0 Å². The molecule has 0 unspecified atom stereocenters. The molecule has 0 spiro atoms. The van der Waals surface area contributed by atoms with E-state index >= 15 is 0 Å². The van der Waals surface area contributed by atoms with Gasteiger partial charge in [0, 0.05) is 18.1 Å². The van der Waals surface area contributed by atoms with Gasteiger partial charge in [-0.1, -0.05) is 41.9 Å². The third-order valence-electron chi connectivity index (χ3n) is 3.10. The number of halogens is 1. The maximum absolute atomic E-state index is 12.3. The maximum Gasteiger partial charge on any atom is 0.240 e. The summed E-state index contributed by atoms with van der Waals surface area (Å²) in [5.41, 5.74) is 7.21. The van der Waals surface area contributed by atoms with Crippen LogP contribution in [0.2, 0.25) is 5.02 Å². The molecule has 0 atom stereocenters. The fourth-order valence-electron chi connectivity index (χ4n) is 1.99. The molecular formula is C15H17ClN2O2S. The van der Waals surface area contributed by atoms with Crippen LogP contribution < -0.4 is 10.5 Å². The van der Waals surface area contributed by atoms with Crippen LogP contribution >= 0.6 is 11.6 Å². The van der Waals surface area contributed by atoms with Crippen molar-refractivity contribution in [1.82, 2.24) is 4.72 Å². The minimum Gasteiger partial charge on any atom is -0.326 e. The molecule has 3 N–H and O–H groups in total. The van der Waals surface area contributed by atoms with Crippen molar-refractivity contribution in [1.29, 1.82) is 0 Å². The molecule has 0 radical (unpaired) electrons. The Kier molecular flexibility index (Phi) is 5.36. The number of rotatable bonds is 6. The molecule has 2 rings (SSSR count). The predicted octanol–water partition coefficient (Wildman–Crippen LogP) is 2.32. The van der Waals surface area contributed by atoms with Gasteiger partial charge in [-0.2, -0.15) is 0 Å². The van der Waals surface area contributed by atoms with Gasteiger partial charge in [-0.25, -0.2) is 13.1 Å². The molecule has 0 saturated carbocycles. The Morgan fingerprint density at radius 3 is 2.38 bits per heavy atom. The molecule has 0 heterocycles. The molecule has 6 heteroatoms. The Balaban J connectivity index is 2.03. The van der Waals surface area contributed by atoms with Crippen LogP contribution in [0.3, 0.4) is 0 Å². The topological polar surface area (TPSA) is 72.2 Å². The Morgan fingerprint density at radius 1 is 1.05 bits per heavy atom. The Hall–Kier alpha value is -1.40. The largest absolute Gasteiger partial charge is 0.326 e. The number of benzene rings is 2. The van der Waals surface area contributed by atoms with Gasteiger partial charge in [0.15, 0.2) is 0 Å². The highest BCUT2D eigenvalue weighted by atomic mass is 35.5. The molecule has 0 aliphatic carbocycles. The van der Waals surface area contributed by atoms with E-state index in [4.69, 9.17) is 17.3 Å². The van der Waals surface area contributed by atoms with Crippen molar-refractivity contribution in [2.24, 2.45) is 5.73 Å². The van der Waals surface area contributed by atoms with E-state index in [2.05, 4.69) is 4.72 Å². The summed E-state index contributed by atoms with van der Waals surface area (Å²) in [5.74, 6) is 0. The molecule has 4 nitrogen and oxygen atoms in total. The highest BCUT2D eigenvalue weighted by Gasteiger charge is 2.16. The van der Waals surface area contributed by atoms with Gasteiger partial charge in [0.2, 0.25) is 10.0 Å². The van der Waals surface area contributed by atoms with E-state index in [9.17, 15) is 8.42 Å². The standard InChI is InChI=1S/C15H17ClN2O2S/c16-14-7-5-12(6-8-14)9-10-18-21(19,20)15-4-2-1-3-13(15)11-17/h1-8,18H,9-11,17H2. The Morgan fingerprint density at radius 2 is 1.71 bits per heavy atom. The van der Waals surface area contributed by atoms with E-state index in [1.165, 1.54) is 0 Å². The van der Waals surface area contributed by atoms with Gasteiger partial charge < -0.3 is 5.73 Å². The van der Waals surface area contributed by atoms with Crippen LogP contribution in [0.15, 0.2) is 53.4 Å². The molecule has 0 saturated heterocycles. The summed E-state index contributed by atoms with van der Waals surface area (Å²) in [4.78, 5) is 0.239. The van der Waals surface area contributed by atoms with Crippen molar-refractivity contribution >= 4 is 21.6 Å². The Labute approximate surface area is 130 Å². The maximum atomic E-state index is 12.3.